The summed E-state index contributed by atoms with van der Waals surface area (Å²) in [5.74, 6) is 0. The molecular formula is C60H61N. The van der Waals surface area contributed by atoms with Gasteiger partial charge in [0.2, 0.25) is 0 Å². The lowest BCUT2D eigenvalue weighted by atomic mass is 9.61. The van der Waals surface area contributed by atoms with E-state index in [1.54, 1.807) is 0 Å². The van der Waals surface area contributed by atoms with Gasteiger partial charge in [-0.25, -0.2) is 0 Å². The fraction of sp³-hybridized carbons (Fsp3) is 0.300. The first kappa shape index (κ1) is 39.5. The lowest BCUT2D eigenvalue weighted by molar-refractivity contribution is 0.330. The van der Waals surface area contributed by atoms with Crippen LogP contribution in [0.3, 0.4) is 0 Å². The maximum Gasteiger partial charge on any atom is 0.0714 e. The lowest BCUT2D eigenvalue weighted by Gasteiger charge is -2.43. The summed E-state index contributed by atoms with van der Waals surface area (Å²) < 4.78 is 0. The minimum absolute atomic E-state index is 0.0644. The molecule has 0 N–H and O–H groups in total. The first-order valence-corrected chi connectivity index (χ1v) is 22.7. The monoisotopic (exact) mass is 795 g/mol. The van der Waals surface area contributed by atoms with Crippen LogP contribution in [-0.4, -0.2) is 0 Å². The molecule has 7 aromatic rings. The summed E-state index contributed by atoms with van der Waals surface area (Å²) in [6, 6.07) is 60.4. The average Bonchev–Trinajstić information content (AvgIpc) is 3.55. The van der Waals surface area contributed by atoms with Crippen LogP contribution in [0.15, 0.2) is 158 Å². The van der Waals surface area contributed by atoms with Crippen LogP contribution in [-0.2, 0) is 27.1 Å². The summed E-state index contributed by atoms with van der Waals surface area (Å²) in [5.41, 5.74) is 21.2. The minimum atomic E-state index is -0.525. The molecule has 61 heavy (non-hydrogen) atoms. The van der Waals surface area contributed by atoms with Crippen molar-refractivity contribution in [3.63, 3.8) is 0 Å². The molecule has 0 atom stereocenters. The molecule has 306 valence electrons. The van der Waals surface area contributed by atoms with Gasteiger partial charge in [-0.1, -0.05) is 177 Å². The largest absolute Gasteiger partial charge is 0.310 e. The average molecular weight is 796 g/mol. The number of anilines is 3. The van der Waals surface area contributed by atoms with E-state index in [0.29, 0.717) is 0 Å². The molecule has 0 aliphatic heterocycles. The summed E-state index contributed by atoms with van der Waals surface area (Å²) in [4.78, 5) is 2.59. The van der Waals surface area contributed by atoms with E-state index in [1.165, 1.54) is 109 Å². The normalized spacial score (nSPS) is 18.3. The van der Waals surface area contributed by atoms with E-state index in [0.717, 1.165) is 5.69 Å². The highest BCUT2D eigenvalue weighted by Crippen LogP contribution is 2.60. The molecule has 3 aliphatic rings. The summed E-state index contributed by atoms with van der Waals surface area (Å²) >= 11 is 0. The zero-order valence-corrected chi connectivity index (χ0v) is 37.8. The number of rotatable bonds is 6. The topological polar surface area (TPSA) is 3.24 Å². The van der Waals surface area contributed by atoms with Crippen molar-refractivity contribution in [3.05, 3.63) is 208 Å². The van der Waals surface area contributed by atoms with Gasteiger partial charge in [0.15, 0.2) is 0 Å². The van der Waals surface area contributed by atoms with Gasteiger partial charge < -0.3 is 4.90 Å². The summed E-state index contributed by atoms with van der Waals surface area (Å²) in [7, 11) is 0. The molecule has 7 aromatic carbocycles. The van der Waals surface area contributed by atoms with E-state index in [1.807, 2.05) is 0 Å². The molecule has 0 saturated heterocycles. The maximum atomic E-state index is 2.60. The smallest absolute Gasteiger partial charge is 0.0714 e. The van der Waals surface area contributed by atoms with Gasteiger partial charge in [-0.3, -0.25) is 0 Å². The Hall–Kier alpha value is -5.66. The van der Waals surface area contributed by atoms with E-state index in [-0.39, 0.29) is 21.7 Å². The molecule has 10 rings (SSSR count). The van der Waals surface area contributed by atoms with Gasteiger partial charge in [-0.05, 0) is 157 Å². The Morgan fingerprint density at radius 3 is 1.52 bits per heavy atom. The van der Waals surface area contributed by atoms with Crippen LogP contribution < -0.4 is 4.90 Å². The first-order valence-electron chi connectivity index (χ1n) is 22.7. The van der Waals surface area contributed by atoms with E-state index >= 15 is 0 Å². The number of hydrogen-bond acceptors (Lipinski definition) is 1. The Kier molecular flexibility index (Phi) is 9.02. The van der Waals surface area contributed by atoms with Gasteiger partial charge in [-0.2, -0.15) is 0 Å². The molecule has 0 bridgehead atoms. The predicted molar refractivity (Wildman–Crippen MR) is 259 cm³/mol. The molecule has 1 nitrogen and oxygen atoms in total. The second-order valence-corrected chi connectivity index (χ2v) is 21.0. The third kappa shape index (κ3) is 6.01. The Morgan fingerprint density at radius 1 is 0.361 bits per heavy atom. The summed E-state index contributed by atoms with van der Waals surface area (Å²) in [5, 5.41) is 0. The second kappa shape index (κ2) is 13.9. The van der Waals surface area contributed by atoms with Gasteiger partial charge in [0.05, 0.1) is 11.1 Å². The van der Waals surface area contributed by atoms with Crippen molar-refractivity contribution in [1.82, 2.24) is 0 Å². The Balaban J connectivity index is 1.35. The highest BCUT2D eigenvalue weighted by atomic mass is 15.1. The highest BCUT2D eigenvalue weighted by molar-refractivity contribution is 5.97. The van der Waals surface area contributed by atoms with Gasteiger partial charge in [0.25, 0.3) is 0 Å². The fourth-order valence-corrected chi connectivity index (χ4v) is 11.9. The molecule has 0 unspecified atom stereocenters. The SMILES string of the molecule is Cc1c(-c2cc3c(cc2N(c2ccccc2)c2ccc4c(c2)C(C)(C)CCC4(C)C)C(c2ccccc2)(c2ccccc2)c2ccccc2-3)ccc2c1C(C)(C)CCC2(C)C. The lowest BCUT2D eigenvalue weighted by Crippen LogP contribution is -2.34. The zero-order chi connectivity index (χ0) is 42.5. The van der Waals surface area contributed by atoms with Crippen LogP contribution in [0, 0.1) is 6.92 Å². The van der Waals surface area contributed by atoms with Crippen molar-refractivity contribution in [2.24, 2.45) is 0 Å². The molecule has 0 aromatic heterocycles. The number of fused-ring (bicyclic) bond motifs is 5. The fourth-order valence-electron chi connectivity index (χ4n) is 11.9. The van der Waals surface area contributed by atoms with E-state index in [9.17, 15) is 0 Å². The van der Waals surface area contributed by atoms with Crippen LogP contribution in [0.5, 0.6) is 0 Å². The molecule has 0 spiro atoms. The third-order valence-corrected chi connectivity index (χ3v) is 15.5. The quantitative estimate of drug-likeness (QED) is 0.162. The predicted octanol–water partition coefficient (Wildman–Crippen LogP) is 16.2. The number of para-hydroxylation sites is 1. The van der Waals surface area contributed by atoms with Crippen molar-refractivity contribution in [3.8, 4) is 22.3 Å². The molecule has 0 radical (unpaired) electrons. The number of benzene rings is 7. The van der Waals surface area contributed by atoms with Crippen molar-refractivity contribution in [2.45, 2.75) is 115 Å². The second-order valence-electron chi connectivity index (χ2n) is 21.0. The van der Waals surface area contributed by atoms with Crippen LogP contribution >= 0.6 is 0 Å². The first-order chi connectivity index (χ1) is 29.1. The van der Waals surface area contributed by atoms with E-state index in [2.05, 4.69) is 225 Å². The molecule has 0 saturated carbocycles. The summed E-state index contributed by atoms with van der Waals surface area (Å²) in [6.07, 6.45) is 4.73. The molecule has 0 amide bonds. The van der Waals surface area contributed by atoms with Crippen molar-refractivity contribution >= 4 is 17.1 Å². The molecular weight excluding hydrogens is 735 g/mol. The molecule has 1 heteroatoms. The van der Waals surface area contributed by atoms with Gasteiger partial charge >= 0.3 is 0 Å². The van der Waals surface area contributed by atoms with E-state index in [4.69, 9.17) is 0 Å². The Morgan fingerprint density at radius 2 is 0.885 bits per heavy atom. The zero-order valence-electron chi connectivity index (χ0n) is 37.8. The number of hydrogen-bond donors (Lipinski definition) is 0. The third-order valence-electron chi connectivity index (χ3n) is 15.5. The minimum Gasteiger partial charge on any atom is -0.310 e. The molecule has 0 fully saturated rings. The molecule has 3 aliphatic carbocycles. The Labute approximate surface area is 365 Å². The molecule has 0 heterocycles. The van der Waals surface area contributed by atoms with Gasteiger partial charge in [0.1, 0.15) is 0 Å². The van der Waals surface area contributed by atoms with E-state index < -0.39 is 5.41 Å². The van der Waals surface area contributed by atoms with Crippen molar-refractivity contribution in [1.29, 1.82) is 0 Å². The van der Waals surface area contributed by atoms with Crippen molar-refractivity contribution in [2.75, 3.05) is 4.90 Å². The van der Waals surface area contributed by atoms with Crippen LogP contribution in [0.1, 0.15) is 131 Å². The maximum absolute atomic E-state index is 2.60. The Bertz CT molecular complexity index is 2760. The van der Waals surface area contributed by atoms with Gasteiger partial charge in [-0.15, -0.1) is 0 Å². The van der Waals surface area contributed by atoms with Crippen molar-refractivity contribution < 1.29 is 0 Å². The highest BCUT2D eigenvalue weighted by Gasteiger charge is 2.47. The summed E-state index contributed by atoms with van der Waals surface area (Å²) in [6.45, 7) is 22.0. The van der Waals surface area contributed by atoms with Crippen LogP contribution in [0.2, 0.25) is 0 Å². The number of nitrogens with zero attached hydrogens (tertiary/aromatic N) is 1. The van der Waals surface area contributed by atoms with Crippen LogP contribution in [0.25, 0.3) is 22.3 Å². The standard InChI is InChI=1S/C60H61N/c1-40-45(30-32-51-55(40)59(8,9)36-35-57(51,4)5)48-38-47-46-27-19-20-28-49(46)60(41-21-13-10-14-22-41,42-23-15-11-16-24-42)52(47)39-54(48)61(43-25-17-12-18-26-43)44-29-31-50-53(37-44)58(6,7)34-33-56(50,2)3/h10-32,37-39H,33-36H2,1-9H3. The van der Waals surface area contributed by atoms with Gasteiger partial charge in [0, 0.05) is 16.9 Å². The van der Waals surface area contributed by atoms with Crippen LogP contribution in [0.4, 0.5) is 17.1 Å².